The van der Waals surface area contributed by atoms with Crippen LogP contribution in [0.25, 0.3) is 0 Å². The van der Waals surface area contributed by atoms with Gasteiger partial charge in [-0.15, -0.1) is 0 Å². The standard InChI is InChI=1S/C13H22N4O/c1-8-12(9(2)17-16-8)7-15-11-5-3-10(4-6-11)13(14)18/h10-11,15H,3-7H2,1-2H3,(H2,14,18)(H,16,17). The first kappa shape index (κ1) is 13.1. The lowest BCUT2D eigenvalue weighted by Gasteiger charge is -2.27. The molecule has 1 aliphatic carbocycles. The monoisotopic (exact) mass is 250 g/mol. The molecule has 18 heavy (non-hydrogen) atoms. The van der Waals surface area contributed by atoms with Crippen molar-refractivity contribution in [2.45, 2.75) is 52.1 Å². The minimum absolute atomic E-state index is 0.0837. The lowest BCUT2D eigenvalue weighted by molar-refractivity contribution is -0.122. The summed E-state index contributed by atoms with van der Waals surface area (Å²) in [7, 11) is 0. The van der Waals surface area contributed by atoms with Crippen LogP contribution < -0.4 is 11.1 Å². The van der Waals surface area contributed by atoms with Crippen molar-refractivity contribution in [3.05, 3.63) is 17.0 Å². The molecule has 1 aromatic rings. The largest absolute Gasteiger partial charge is 0.369 e. The van der Waals surface area contributed by atoms with Gasteiger partial charge in [0.25, 0.3) is 0 Å². The zero-order valence-corrected chi connectivity index (χ0v) is 11.1. The smallest absolute Gasteiger partial charge is 0.220 e. The summed E-state index contributed by atoms with van der Waals surface area (Å²) in [5.41, 5.74) is 8.78. The first-order valence-electron chi connectivity index (χ1n) is 6.61. The summed E-state index contributed by atoms with van der Waals surface area (Å²) in [6.07, 6.45) is 3.89. The number of carbonyl (C=O) groups excluding carboxylic acids is 1. The van der Waals surface area contributed by atoms with Gasteiger partial charge in [-0.25, -0.2) is 0 Å². The summed E-state index contributed by atoms with van der Waals surface area (Å²) in [4.78, 5) is 11.1. The second-order valence-corrected chi connectivity index (χ2v) is 5.24. The Morgan fingerprint density at radius 1 is 1.39 bits per heavy atom. The molecule has 2 rings (SSSR count). The molecule has 5 heteroatoms. The number of aromatic amines is 1. The molecule has 0 unspecified atom stereocenters. The molecule has 0 bridgehead atoms. The topological polar surface area (TPSA) is 83.8 Å². The van der Waals surface area contributed by atoms with Crippen molar-refractivity contribution >= 4 is 5.91 Å². The third kappa shape index (κ3) is 2.90. The summed E-state index contributed by atoms with van der Waals surface area (Å²) in [5, 5.41) is 10.7. The van der Waals surface area contributed by atoms with Gasteiger partial charge < -0.3 is 11.1 Å². The SMILES string of the molecule is Cc1n[nH]c(C)c1CNC1CCC(C(N)=O)CC1. The highest BCUT2D eigenvalue weighted by molar-refractivity contribution is 5.76. The van der Waals surface area contributed by atoms with Crippen LogP contribution in [0.3, 0.4) is 0 Å². The third-order valence-electron chi connectivity index (χ3n) is 3.98. The molecule has 1 heterocycles. The van der Waals surface area contributed by atoms with Crippen LogP contribution in [0, 0.1) is 19.8 Å². The fourth-order valence-corrected chi connectivity index (χ4v) is 2.66. The highest BCUT2D eigenvalue weighted by Crippen LogP contribution is 2.24. The molecule has 4 N–H and O–H groups in total. The molecule has 1 saturated carbocycles. The fourth-order valence-electron chi connectivity index (χ4n) is 2.66. The number of nitrogens with one attached hydrogen (secondary N) is 2. The van der Waals surface area contributed by atoms with Crippen LogP contribution in [0.5, 0.6) is 0 Å². The third-order valence-corrected chi connectivity index (χ3v) is 3.98. The molecule has 1 aliphatic rings. The molecule has 1 amide bonds. The van der Waals surface area contributed by atoms with Crippen LogP contribution in [-0.2, 0) is 11.3 Å². The zero-order chi connectivity index (χ0) is 13.1. The molecule has 0 radical (unpaired) electrons. The lowest BCUT2D eigenvalue weighted by atomic mass is 9.85. The Labute approximate surface area is 108 Å². The zero-order valence-electron chi connectivity index (χ0n) is 11.1. The second-order valence-electron chi connectivity index (χ2n) is 5.24. The van der Waals surface area contributed by atoms with Crippen LogP contribution in [0.2, 0.25) is 0 Å². The highest BCUT2D eigenvalue weighted by atomic mass is 16.1. The normalized spacial score (nSPS) is 24.1. The van der Waals surface area contributed by atoms with Crippen LogP contribution in [0.1, 0.15) is 42.6 Å². The Bertz CT molecular complexity index is 399. The molecule has 1 fully saturated rings. The number of rotatable bonds is 4. The number of carbonyl (C=O) groups is 1. The molecular formula is C13H22N4O. The summed E-state index contributed by atoms with van der Waals surface area (Å²) >= 11 is 0. The van der Waals surface area contributed by atoms with Gasteiger partial charge in [0.2, 0.25) is 5.91 Å². The molecule has 5 nitrogen and oxygen atoms in total. The first-order valence-corrected chi connectivity index (χ1v) is 6.61. The van der Waals surface area contributed by atoms with Gasteiger partial charge in [-0.3, -0.25) is 9.89 Å². The number of aryl methyl sites for hydroxylation is 2. The molecule has 0 saturated heterocycles. The van der Waals surface area contributed by atoms with Gasteiger partial charge in [-0.1, -0.05) is 0 Å². The van der Waals surface area contributed by atoms with E-state index in [1.165, 1.54) is 5.56 Å². The van der Waals surface area contributed by atoms with Crippen molar-refractivity contribution in [3.63, 3.8) is 0 Å². The molecule has 100 valence electrons. The number of hydrogen-bond acceptors (Lipinski definition) is 3. The van der Waals surface area contributed by atoms with Crippen molar-refractivity contribution in [2.75, 3.05) is 0 Å². The average molecular weight is 250 g/mol. The van der Waals surface area contributed by atoms with E-state index in [1.54, 1.807) is 0 Å². The Hall–Kier alpha value is -1.36. The maximum absolute atomic E-state index is 11.1. The Kier molecular flexibility index (Phi) is 4.01. The summed E-state index contributed by atoms with van der Waals surface area (Å²) in [5.74, 6) is -0.0598. The number of aromatic nitrogens is 2. The van der Waals surface area contributed by atoms with Gasteiger partial charge in [0, 0.05) is 29.8 Å². The van der Waals surface area contributed by atoms with Gasteiger partial charge in [-0.2, -0.15) is 5.10 Å². The number of amides is 1. The van der Waals surface area contributed by atoms with Gasteiger partial charge in [0.15, 0.2) is 0 Å². The summed E-state index contributed by atoms with van der Waals surface area (Å²) in [6, 6.07) is 0.495. The second kappa shape index (κ2) is 5.52. The maximum Gasteiger partial charge on any atom is 0.220 e. The van der Waals surface area contributed by atoms with E-state index in [0.717, 1.165) is 43.6 Å². The van der Waals surface area contributed by atoms with Crippen molar-refractivity contribution in [2.24, 2.45) is 11.7 Å². The van der Waals surface area contributed by atoms with E-state index in [0.29, 0.717) is 6.04 Å². The van der Waals surface area contributed by atoms with Crippen LogP contribution in [0.4, 0.5) is 0 Å². The predicted octanol–water partition coefficient (Wildman–Crippen LogP) is 1.16. The van der Waals surface area contributed by atoms with E-state index in [-0.39, 0.29) is 11.8 Å². The Balaban J connectivity index is 1.81. The average Bonchev–Trinajstić information content (AvgIpc) is 2.67. The molecule has 0 atom stereocenters. The van der Waals surface area contributed by atoms with Gasteiger partial charge in [0.05, 0.1) is 5.69 Å². The van der Waals surface area contributed by atoms with E-state index in [1.807, 2.05) is 13.8 Å². The molecule has 0 spiro atoms. The fraction of sp³-hybridized carbons (Fsp3) is 0.692. The maximum atomic E-state index is 11.1. The number of nitrogens with two attached hydrogens (primary N) is 1. The number of nitrogens with zero attached hydrogens (tertiary/aromatic N) is 1. The molecular weight excluding hydrogens is 228 g/mol. The van der Waals surface area contributed by atoms with Crippen LogP contribution >= 0.6 is 0 Å². The van der Waals surface area contributed by atoms with Gasteiger partial charge >= 0.3 is 0 Å². The van der Waals surface area contributed by atoms with E-state index in [2.05, 4.69) is 15.5 Å². The van der Waals surface area contributed by atoms with Crippen molar-refractivity contribution < 1.29 is 4.79 Å². The predicted molar refractivity (Wildman–Crippen MR) is 69.8 cm³/mol. The molecule has 0 aliphatic heterocycles. The Morgan fingerprint density at radius 2 is 2.06 bits per heavy atom. The van der Waals surface area contributed by atoms with Crippen LogP contribution in [-0.4, -0.2) is 22.1 Å². The van der Waals surface area contributed by atoms with Crippen molar-refractivity contribution in [3.8, 4) is 0 Å². The Morgan fingerprint density at radius 3 is 2.56 bits per heavy atom. The van der Waals surface area contributed by atoms with Gasteiger partial charge in [0.1, 0.15) is 0 Å². The molecule has 1 aromatic heterocycles. The number of hydrogen-bond donors (Lipinski definition) is 3. The number of H-pyrrole nitrogens is 1. The minimum atomic E-state index is -0.144. The van der Waals surface area contributed by atoms with Crippen molar-refractivity contribution in [1.29, 1.82) is 0 Å². The highest BCUT2D eigenvalue weighted by Gasteiger charge is 2.24. The summed E-state index contributed by atoms with van der Waals surface area (Å²) in [6.45, 7) is 4.91. The minimum Gasteiger partial charge on any atom is -0.369 e. The van der Waals surface area contributed by atoms with E-state index in [4.69, 9.17) is 5.73 Å². The van der Waals surface area contributed by atoms with Crippen LogP contribution in [0.15, 0.2) is 0 Å². The quantitative estimate of drug-likeness (QED) is 0.749. The van der Waals surface area contributed by atoms with E-state index >= 15 is 0 Å². The lowest BCUT2D eigenvalue weighted by Crippen LogP contribution is -2.36. The number of primary amides is 1. The molecule has 0 aromatic carbocycles. The van der Waals surface area contributed by atoms with Crippen molar-refractivity contribution in [1.82, 2.24) is 15.5 Å². The summed E-state index contributed by atoms with van der Waals surface area (Å²) < 4.78 is 0. The van der Waals surface area contributed by atoms with E-state index in [9.17, 15) is 4.79 Å². The first-order chi connectivity index (χ1) is 8.58. The van der Waals surface area contributed by atoms with E-state index < -0.39 is 0 Å². The van der Waals surface area contributed by atoms with Gasteiger partial charge in [-0.05, 0) is 39.5 Å².